The molecule has 0 saturated carbocycles. The van der Waals surface area contributed by atoms with Crippen molar-refractivity contribution in [2.45, 2.75) is 25.7 Å². The summed E-state index contributed by atoms with van der Waals surface area (Å²) >= 11 is 5.12. The number of halogens is 1. The fourth-order valence-corrected chi connectivity index (χ4v) is 3.63. The number of carbonyl (C=O) groups is 1. The number of fused-ring (bicyclic) bond motifs is 1. The van der Waals surface area contributed by atoms with Crippen LogP contribution in [0.3, 0.4) is 0 Å². The number of thiophene rings is 1. The molecule has 1 aliphatic carbocycles. The van der Waals surface area contributed by atoms with Crippen LogP contribution >= 0.6 is 27.3 Å². The van der Waals surface area contributed by atoms with E-state index in [1.807, 2.05) is 0 Å². The van der Waals surface area contributed by atoms with Crippen LogP contribution in [0.25, 0.3) is 0 Å². The number of hydrogen-bond donors (Lipinski definition) is 0. The minimum atomic E-state index is 0.863. The maximum Gasteiger partial charge on any atom is 0.161 e. The van der Waals surface area contributed by atoms with Crippen molar-refractivity contribution >= 4 is 33.6 Å². The first-order valence-electron chi connectivity index (χ1n) is 4.08. The van der Waals surface area contributed by atoms with Crippen LogP contribution in [0.2, 0.25) is 0 Å². The van der Waals surface area contributed by atoms with Crippen molar-refractivity contribution < 1.29 is 4.79 Å². The smallest absolute Gasteiger partial charge is 0.161 e. The van der Waals surface area contributed by atoms with E-state index in [0.29, 0.717) is 0 Å². The second-order valence-corrected chi connectivity index (χ2v) is 4.94. The first-order valence-corrected chi connectivity index (χ1v) is 5.69. The van der Waals surface area contributed by atoms with E-state index in [4.69, 9.17) is 0 Å². The first kappa shape index (κ1) is 8.45. The Hall–Kier alpha value is -0.150. The van der Waals surface area contributed by atoms with Gasteiger partial charge in [0.15, 0.2) is 6.29 Å². The standard InChI is InChI=1S/C9H9BrOS/c10-9-6-3-1-2-4-7(6)12-8(9)5-11/h5H,1-4H2. The van der Waals surface area contributed by atoms with Gasteiger partial charge in [-0.2, -0.15) is 0 Å². The Labute approximate surface area is 83.9 Å². The highest BCUT2D eigenvalue weighted by molar-refractivity contribution is 9.10. The Balaban J connectivity index is 2.51. The topological polar surface area (TPSA) is 17.1 Å². The molecule has 0 amide bonds. The van der Waals surface area contributed by atoms with Crippen LogP contribution in [0.5, 0.6) is 0 Å². The maximum absolute atomic E-state index is 10.6. The van der Waals surface area contributed by atoms with Gasteiger partial charge in [-0.1, -0.05) is 0 Å². The van der Waals surface area contributed by atoms with Crippen molar-refractivity contribution in [2.24, 2.45) is 0 Å². The summed E-state index contributed by atoms with van der Waals surface area (Å²) in [6.45, 7) is 0. The van der Waals surface area contributed by atoms with Crippen molar-refractivity contribution in [3.8, 4) is 0 Å². The number of rotatable bonds is 1. The zero-order valence-electron chi connectivity index (χ0n) is 6.60. The van der Waals surface area contributed by atoms with Crippen LogP contribution in [0.1, 0.15) is 33.0 Å². The van der Waals surface area contributed by atoms with Gasteiger partial charge in [0.05, 0.1) is 4.88 Å². The SMILES string of the molecule is O=Cc1sc2c(c1Br)CCCC2. The zero-order chi connectivity index (χ0) is 8.55. The average Bonchev–Trinajstić information content (AvgIpc) is 2.44. The molecule has 0 spiro atoms. The molecule has 3 heteroatoms. The molecule has 0 atom stereocenters. The number of aldehydes is 1. The van der Waals surface area contributed by atoms with Gasteiger partial charge in [0.2, 0.25) is 0 Å². The third kappa shape index (κ3) is 1.25. The van der Waals surface area contributed by atoms with Gasteiger partial charge in [0, 0.05) is 9.35 Å². The Morgan fingerprint density at radius 2 is 2.08 bits per heavy atom. The maximum atomic E-state index is 10.6. The Kier molecular flexibility index (Phi) is 2.33. The van der Waals surface area contributed by atoms with Crippen molar-refractivity contribution in [3.63, 3.8) is 0 Å². The van der Waals surface area contributed by atoms with Gasteiger partial charge in [0.25, 0.3) is 0 Å². The zero-order valence-corrected chi connectivity index (χ0v) is 9.00. The van der Waals surface area contributed by atoms with Crippen molar-refractivity contribution in [1.82, 2.24) is 0 Å². The highest BCUT2D eigenvalue weighted by atomic mass is 79.9. The Morgan fingerprint density at radius 1 is 1.33 bits per heavy atom. The highest BCUT2D eigenvalue weighted by Crippen LogP contribution is 2.36. The van der Waals surface area contributed by atoms with Crippen LogP contribution in [-0.4, -0.2) is 6.29 Å². The normalized spacial score (nSPS) is 15.8. The lowest BCUT2D eigenvalue weighted by molar-refractivity contribution is 0.112. The number of carbonyl (C=O) groups excluding carboxylic acids is 1. The van der Waals surface area contributed by atoms with Crippen LogP contribution in [-0.2, 0) is 12.8 Å². The van der Waals surface area contributed by atoms with Gasteiger partial charge >= 0.3 is 0 Å². The van der Waals surface area contributed by atoms with Gasteiger partial charge in [-0.25, -0.2) is 0 Å². The predicted molar refractivity (Wildman–Crippen MR) is 54.0 cm³/mol. The second-order valence-electron chi connectivity index (χ2n) is 3.01. The highest BCUT2D eigenvalue weighted by Gasteiger charge is 2.18. The van der Waals surface area contributed by atoms with Crippen molar-refractivity contribution in [1.29, 1.82) is 0 Å². The molecule has 12 heavy (non-hydrogen) atoms. The molecule has 1 heterocycles. The van der Waals surface area contributed by atoms with Crippen molar-refractivity contribution in [2.75, 3.05) is 0 Å². The fourth-order valence-electron chi connectivity index (χ4n) is 1.62. The number of aryl methyl sites for hydroxylation is 1. The molecule has 0 fully saturated rings. The molecule has 0 unspecified atom stereocenters. The summed E-state index contributed by atoms with van der Waals surface area (Å²) in [4.78, 5) is 12.9. The van der Waals surface area contributed by atoms with Gasteiger partial charge in [0.1, 0.15) is 0 Å². The van der Waals surface area contributed by atoms with Gasteiger partial charge in [-0.05, 0) is 47.2 Å². The van der Waals surface area contributed by atoms with E-state index in [2.05, 4.69) is 15.9 Å². The van der Waals surface area contributed by atoms with Crippen LogP contribution in [0.15, 0.2) is 4.47 Å². The van der Waals surface area contributed by atoms with Gasteiger partial charge < -0.3 is 0 Å². The summed E-state index contributed by atoms with van der Waals surface area (Å²) in [6, 6.07) is 0. The summed E-state index contributed by atoms with van der Waals surface area (Å²) in [5, 5.41) is 0. The molecular weight excluding hydrogens is 236 g/mol. The van der Waals surface area contributed by atoms with E-state index in [0.717, 1.165) is 28.5 Å². The molecule has 0 aliphatic heterocycles. The third-order valence-corrected chi connectivity index (χ3v) is 4.62. The molecular formula is C9H9BrOS. The second kappa shape index (κ2) is 3.30. The first-order chi connectivity index (χ1) is 5.83. The third-order valence-electron chi connectivity index (χ3n) is 2.24. The van der Waals surface area contributed by atoms with E-state index < -0.39 is 0 Å². The molecule has 64 valence electrons. The van der Waals surface area contributed by atoms with E-state index >= 15 is 0 Å². The molecule has 1 aromatic heterocycles. The van der Waals surface area contributed by atoms with Crippen LogP contribution < -0.4 is 0 Å². The average molecular weight is 245 g/mol. The Morgan fingerprint density at radius 3 is 2.75 bits per heavy atom. The Bertz CT molecular complexity index is 317. The van der Waals surface area contributed by atoms with E-state index in [1.54, 1.807) is 11.3 Å². The summed E-state index contributed by atoms with van der Waals surface area (Å²) < 4.78 is 1.05. The largest absolute Gasteiger partial charge is 0.297 e. The molecule has 0 aromatic carbocycles. The molecule has 2 rings (SSSR count). The van der Waals surface area contributed by atoms with E-state index in [9.17, 15) is 4.79 Å². The van der Waals surface area contributed by atoms with Crippen LogP contribution in [0.4, 0.5) is 0 Å². The molecule has 1 nitrogen and oxygen atoms in total. The summed E-state index contributed by atoms with van der Waals surface area (Å²) in [5.41, 5.74) is 1.38. The summed E-state index contributed by atoms with van der Waals surface area (Å²) in [6.07, 6.45) is 5.79. The molecule has 1 aliphatic rings. The minimum absolute atomic E-state index is 0.863. The molecule has 0 saturated heterocycles. The lowest BCUT2D eigenvalue weighted by atomic mass is 9.99. The number of hydrogen-bond acceptors (Lipinski definition) is 2. The lowest BCUT2D eigenvalue weighted by Gasteiger charge is -2.09. The van der Waals surface area contributed by atoms with Gasteiger partial charge in [-0.15, -0.1) is 11.3 Å². The molecule has 0 N–H and O–H groups in total. The van der Waals surface area contributed by atoms with Crippen LogP contribution in [0, 0.1) is 0 Å². The molecule has 0 bridgehead atoms. The molecule has 1 aromatic rings. The monoisotopic (exact) mass is 244 g/mol. The quantitative estimate of drug-likeness (QED) is 0.694. The fraction of sp³-hybridized carbons (Fsp3) is 0.444. The predicted octanol–water partition coefficient (Wildman–Crippen LogP) is 3.20. The minimum Gasteiger partial charge on any atom is -0.297 e. The summed E-state index contributed by atoms with van der Waals surface area (Å²) in [5.74, 6) is 0. The lowest BCUT2D eigenvalue weighted by Crippen LogP contribution is -1.97. The van der Waals surface area contributed by atoms with E-state index in [-0.39, 0.29) is 0 Å². The van der Waals surface area contributed by atoms with E-state index in [1.165, 1.54) is 23.3 Å². The van der Waals surface area contributed by atoms with Crippen molar-refractivity contribution in [3.05, 3.63) is 19.8 Å². The van der Waals surface area contributed by atoms with Gasteiger partial charge in [-0.3, -0.25) is 4.79 Å². The summed E-state index contributed by atoms with van der Waals surface area (Å²) in [7, 11) is 0. The molecule has 0 radical (unpaired) electrons.